The van der Waals surface area contributed by atoms with Gasteiger partial charge in [-0.15, -0.1) is 0 Å². The van der Waals surface area contributed by atoms with E-state index in [1.54, 1.807) is 16.8 Å². The molecule has 3 rings (SSSR count). The first-order valence-electron chi connectivity index (χ1n) is 6.69. The van der Waals surface area contributed by atoms with E-state index in [9.17, 15) is 14.4 Å². The molecular formula is C15H14N2O4. The number of carboxylic acid groups (broad SMARTS) is 1. The molecule has 2 amide bonds. The topological polar surface area (TPSA) is 88.4 Å². The number of amides is 2. The summed E-state index contributed by atoms with van der Waals surface area (Å²) in [4.78, 5) is 34.1. The Kier molecular flexibility index (Phi) is 3.21. The highest BCUT2D eigenvalue weighted by Gasteiger charge is 2.29. The first-order valence-corrected chi connectivity index (χ1v) is 6.69. The van der Waals surface area contributed by atoms with Gasteiger partial charge < -0.3 is 9.67 Å². The molecule has 1 fully saturated rings. The fourth-order valence-corrected chi connectivity index (χ4v) is 2.82. The number of rotatable bonds is 3. The van der Waals surface area contributed by atoms with Crippen LogP contribution in [-0.4, -0.2) is 27.5 Å². The molecule has 0 bridgehead atoms. The van der Waals surface area contributed by atoms with Crippen molar-refractivity contribution in [2.45, 2.75) is 25.3 Å². The third-order valence-corrected chi connectivity index (χ3v) is 3.77. The number of carbonyl (C=O) groups excluding carboxylic acids is 2. The summed E-state index contributed by atoms with van der Waals surface area (Å²) in [5, 5.41) is 12.1. The number of fused-ring (bicyclic) bond motifs is 1. The number of carbonyl (C=O) groups is 3. The van der Waals surface area contributed by atoms with Gasteiger partial charge in [0.1, 0.15) is 6.54 Å². The van der Waals surface area contributed by atoms with Crippen molar-refractivity contribution >= 4 is 28.7 Å². The summed E-state index contributed by atoms with van der Waals surface area (Å²) in [6.45, 7) is -0.123. The van der Waals surface area contributed by atoms with E-state index < -0.39 is 5.97 Å². The number of aromatic nitrogens is 1. The molecule has 1 aliphatic heterocycles. The Morgan fingerprint density at radius 1 is 1.33 bits per heavy atom. The van der Waals surface area contributed by atoms with E-state index in [0.717, 1.165) is 16.5 Å². The van der Waals surface area contributed by atoms with Gasteiger partial charge in [0.05, 0.1) is 5.92 Å². The molecule has 1 aromatic carbocycles. The summed E-state index contributed by atoms with van der Waals surface area (Å²) in [5.41, 5.74) is 1.61. The second-order valence-corrected chi connectivity index (χ2v) is 5.12. The van der Waals surface area contributed by atoms with Gasteiger partial charge in [0, 0.05) is 23.5 Å². The van der Waals surface area contributed by atoms with Crippen LogP contribution in [0, 0.1) is 0 Å². The standard InChI is InChI=1S/C15H14N2O4/c18-13-5-4-11(15(21)16-13)9-2-1-3-12-10(9)6-7-17(12)8-14(19)20/h1-3,6-7,11H,4-5,8H2,(H,19,20)(H,16,18,21). The summed E-state index contributed by atoms with van der Waals surface area (Å²) in [6.07, 6.45) is 2.50. The SMILES string of the molecule is O=C(O)Cn1ccc2c(C3CCC(=O)NC3=O)cccc21. The van der Waals surface area contributed by atoms with Gasteiger partial charge in [-0.1, -0.05) is 12.1 Å². The molecule has 1 aliphatic rings. The van der Waals surface area contributed by atoms with E-state index in [1.165, 1.54) is 0 Å². The van der Waals surface area contributed by atoms with Crippen molar-refractivity contribution < 1.29 is 19.5 Å². The lowest BCUT2D eigenvalue weighted by atomic mass is 9.88. The molecule has 1 saturated heterocycles. The highest BCUT2D eigenvalue weighted by molar-refractivity contribution is 6.03. The van der Waals surface area contributed by atoms with E-state index in [1.807, 2.05) is 18.2 Å². The number of carboxylic acids is 1. The van der Waals surface area contributed by atoms with Crippen molar-refractivity contribution in [2.24, 2.45) is 0 Å². The number of imide groups is 1. The number of nitrogens with one attached hydrogen (secondary N) is 1. The molecular weight excluding hydrogens is 272 g/mol. The summed E-state index contributed by atoms with van der Waals surface area (Å²) < 4.78 is 1.63. The lowest BCUT2D eigenvalue weighted by Gasteiger charge is -2.21. The van der Waals surface area contributed by atoms with Crippen LogP contribution >= 0.6 is 0 Å². The van der Waals surface area contributed by atoms with E-state index in [-0.39, 0.29) is 24.3 Å². The zero-order chi connectivity index (χ0) is 15.0. The summed E-state index contributed by atoms with van der Waals surface area (Å²) in [7, 11) is 0. The summed E-state index contributed by atoms with van der Waals surface area (Å²) >= 11 is 0. The molecule has 1 atom stereocenters. The Hall–Kier alpha value is -2.63. The fraction of sp³-hybridized carbons (Fsp3) is 0.267. The molecule has 0 saturated carbocycles. The number of benzene rings is 1. The normalized spacial score (nSPS) is 18.8. The van der Waals surface area contributed by atoms with Crippen molar-refractivity contribution in [1.29, 1.82) is 0 Å². The predicted molar refractivity (Wildman–Crippen MR) is 74.7 cm³/mol. The Labute approximate surface area is 120 Å². The molecule has 2 heterocycles. The van der Waals surface area contributed by atoms with Gasteiger partial charge in [0.2, 0.25) is 11.8 Å². The average molecular weight is 286 g/mol. The molecule has 1 unspecified atom stereocenters. The molecule has 2 N–H and O–H groups in total. The van der Waals surface area contributed by atoms with Crippen molar-refractivity contribution in [1.82, 2.24) is 9.88 Å². The molecule has 0 aliphatic carbocycles. The predicted octanol–water partition coefficient (Wildman–Crippen LogP) is 1.25. The van der Waals surface area contributed by atoms with Crippen LogP contribution < -0.4 is 5.32 Å². The van der Waals surface area contributed by atoms with Crippen LogP contribution in [0.5, 0.6) is 0 Å². The second-order valence-electron chi connectivity index (χ2n) is 5.12. The zero-order valence-electron chi connectivity index (χ0n) is 11.2. The highest BCUT2D eigenvalue weighted by atomic mass is 16.4. The monoisotopic (exact) mass is 286 g/mol. The summed E-state index contributed by atoms with van der Waals surface area (Å²) in [6, 6.07) is 7.30. The maximum atomic E-state index is 12.0. The highest BCUT2D eigenvalue weighted by Crippen LogP contribution is 2.31. The van der Waals surface area contributed by atoms with Crippen LogP contribution in [0.2, 0.25) is 0 Å². The maximum Gasteiger partial charge on any atom is 0.323 e. The minimum Gasteiger partial charge on any atom is -0.480 e. The van der Waals surface area contributed by atoms with Crippen LogP contribution in [0.1, 0.15) is 24.3 Å². The first kappa shape index (κ1) is 13.4. The fourth-order valence-electron chi connectivity index (χ4n) is 2.82. The Bertz CT molecular complexity index is 747. The third-order valence-electron chi connectivity index (χ3n) is 3.77. The molecule has 108 valence electrons. The Morgan fingerprint density at radius 2 is 2.14 bits per heavy atom. The number of aliphatic carboxylic acids is 1. The molecule has 2 aromatic rings. The minimum atomic E-state index is -0.918. The zero-order valence-corrected chi connectivity index (χ0v) is 11.2. The second kappa shape index (κ2) is 5.05. The average Bonchev–Trinajstić information content (AvgIpc) is 2.82. The maximum absolute atomic E-state index is 12.0. The molecule has 6 heteroatoms. The van der Waals surface area contributed by atoms with Gasteiger partial charge in [-0.2, -0.15) is 0 Å². The van der Waals surface area contributed by atoms with Gasteiger partial charge in [-0.05, 0) is 24.1 Å². The molecule has 0 radical (unpaired) electrons. The van der Waals surface area contributed by atoms with Crippen LogP contribution in [0.3, 0.4) is 0 Å². The van der Waals surface area contributed by atoms with Gasteiger partial charge >= 0.3 is 5.97 Å². The van der Waals surface area contributed by atoms with Gasteiger partial charge in [0.25, 0.3) is 0 Å². The quantitative estimate of drug-likeness (QED) is 0.831. The van der Waals surface area contributed by atoms with Crippen LogP contribution in [0.15, 0.2) is 30.5 Å². The van der Waals surface area contributed by atoms with Crippen LogP contribution in [0.25, 0.3) is 10.9 Å². The van der Waals surface area contributed by atoms with Crippen molar-refractivity contribution in [3.05, 3.63) is 36.0 Å². The Balaban J connectivity index is 2.03. The van der Waals surface area contributed by atoms with Crippen molar-refractivity contribution in [3.8, 4) is 0 Å². The first-order chi connectivity index (χ1) is 10.1. The van der Waals surface area contributed by atoms with E-state index in [2.05, 4.69) is 5.32 Å². The van der Waals surface area contributed by atoms with Gasteiger partial charge in [-0.3, -0.25) is 19.7 Å². The number of hydrogen-bond donors (Lipinski definition) is 2. The Morgan fingerprint density at radius 3 is 2.86 bits per heavy atom. The molecule has 0 spiro atoms. The third kappa shape index (κ3) is 2.40. The van der Waals surface area contributed by atoms with Crippen LogP contribution in [-0.2, 0) is 20.9 Å². The molecule has 21 heavy (non-hydrogen) atoms. The number of nitrogens with zero attached hydrogens (tertiary/aromatic N) is 1. The van der Waals surface area contributed by atoms with E-state index in [0.29, 0.717) is 12.8 Å². The van der Waals surface area contributed by atoms with Crippen molar-refractivity contribution in [3.63, 3.8) is 0 Å². The molecule has 6 nitrogen and oxygen atoms in total. The van der Waals surface area contributed by atoms with E-state index >= 15 is 0 Å². The lowest BCUT2D eigenvalue weighted by Crippen LogP contribution is -2.39. The summed E-state index contributed by atoms with van der Waals surface area (Å²) in [5.74, 6) is -1.82. The van der Waals surface area contributed by atoms with Gasteiger partial charge in [-0.25, -0.2) is 0 Å². The van der Waals surface area contributed by atoms with Crippen LogP contribution in [0.4, 0.5) is 0 Å². The van der Waals surface area contributed by atoms with Gasteiger partial charge in [0.15, 0.2) is 0 Å². The smallest absolute Gasteiger partial charge is 0.323 e. The van der Waals surface area contributed by atoms with E-state index in [4.69, 9.17) is 5.11 Å². The minimum absolute atomic E-state index is 0.123. The number of hydrogen-bond acceptors (Lipinski definition) is 3. The van der Waals surface area contributed by atoms with Crippen molar-refractivity contribution in [2.75, 3.05) is 0 Å². The number of piperidine rings is 1. The largest absolute Gasteiger partial charge is 0.480 e. The molecule has 1 aromatic heterocycles. The lowest BCUT2D eigenvalue weighted by molar-refractivity contribution is -0.138.